The average molecular weight is 312 g/mol. The van der Waals surface area contributed by atoms with Gasteiger partial charge >= 0.3 is 6.03 Å². The van der Waals surface area contributed by atoms with Crippen molar-refractivity contribution in [3.05, 3.63) is 71.4 Å². The lowest BCUT2D eigenvalue weighted by Crippen LogP contribution is -2.28. The van der Waals surface area contributed by atoms with Crippen LogP contribution in [0.4, 0.5) is 10.5 Å². The van der Waals surface area contributed by atoms with Crippen molar-refractivity contribution in [3.8, 4) is 0 Å². The second-order valence-corrected chi connectivity index (χ2v) is 5.25. The molecule has 22 heavy (non-hydrogen) atoms. The van der Waals surface area contributed by atoms with Gasteiger partial charge < -0.3 is 10.6 Å². The molecule has 2 aromatic carbocycles. The van der Waals surface area contributed by atoms with Crippen LogP contribution in [0.2, 0.25) is 5.02 Å². The third-order valence-electron chi connectivity index (χ3n) is 3.22. The van der Waals surface area contributed by atoms with E-state index in [0.717, 1.165) is 16.5 Å². The van der Waals surface area contributed by atoms with Crippen LogP contribution >= 0.6 is 11.6 Å². The molecule has 4 nitrogen and oxygen atoms in total. The fourth-order valence-corrected chi connectivity index (χ4v) is 2.41. The number of fused-ring (bicyclic) bond motifs is 1. The van der Waals surface area contributed by atoms with Gasteiger partial charge in [-0.15, -0.1) is 0 Å². The number of aromatic nitrogens is 1. The number of nitrogens with zero attached hydrogens (tertiary/aromatic N) is 1. The number of nitrogens with one attached hydrogen (secondary N) is 2. The van der Waals surface area contributed by atoms with Crippen LogP contribution in [0.25, 0.3) is 10.9 Å². The number of urea groups is 1. The van der Waals surface area contributed by atoms with Gasteiger partial charge in [-0.25, -0.2) is 4.79 Å². The molecule has 0 radical (unpaired) electrons. The number of carbonyl (C=O) groups excluding carboxylic acids is 1. The van der Waals surface area contributed by atoms with Crippen molar-refractivity contribution in [2.75, 3.05) is 5.32 Å². The highest BCUT2D eigenvalue weighted by atomic mass is 35.5. The maximum atomic E-state index is 12.0. The van der Waals surface area contributed by atoms with Crippen molar-refractivity contribution < 1.29 is 4.79 Å². The van der Waals surface area contributed by atoms with Gasteiger partial charge in [0.25, 0.3) is 0 Å². The first-order valence-corrected chi connectivity index (χ1v) is 7.23. The number of hydrogen-bond donors (Lipinski definition) is 2. The summed E-state index contributed by atoms with van der Waals surface area (Å²) in [5.74, 6) is 0. The standard InChI is InChI=1S/C17H14ClN3O/c18-14-7-1-4-12(10-14)11-20-17(22)21-15-8-2-5-13-6-3-9-19-16(13)15/h1-10H,11H2,(H2,20,21,22). The first kappa shape index (κ1) is 14.4. The number of amides is 2. The summed E-state index contributed by atoms with van der Waals surface area (Å²) in [6.07, 6.45) is 1.71. The van der Waals surface area contributed by atoms with Crippen molar-refractivity contribution in [1.29, 1.82) is 0 Å². The number of pyridine rings is 1. The van der Waals surface area contributed by atoms with Gasteiger partial charge in [0, 0.05) is 23.2 Å². The van der Waals surface area contributed by atoms with E-state index in [1.165, 1.54) is 0 Å². The Kier molecular flexibility index (Phi) is 4.21. The van der Waals surface area contributed by atoms with E-state index in [1.54, 1.807) is 12.3 Å². The zero-order valence-electron chi connectivity index (χ0n) is 11.7. The molecule has 2 N–H and O–H groups in total. The van der Waals surface area contributed by atoms with Crippen LogP contribution in [0.5, 0.6) is 0 Å². The highest BCUT2D eigenvalue weighted by Crippen LogP contribution is 2.20. The van der Waals surface area contributed by atoms with Crippen LogP contribution < -0.4 is 10.6 Å². The first-order valence-electron chi connectivity index (χ1n) is 6.85. The molecule has 0 unspecified atom stereocenters. The van der Waals surface area contributed by atoms with Crippen LogP contribution in [0.3, 0.4) is 0 Å². The summed E-state index contributed by atoms with van der Waals surface area (Å²) < 4.78 is 0. The molecule has 0 aliphatic carbocycles. The second-order valence-electron chi connectivity index (χ2n) is 4.82. The highest BCUT2D eigenvalue weighted by Gasteiger charge is 2.06. The van der Waals surface area contributed by atoms with Gasteiger partial charge in [-0.3, -0.25) is 4.98 Å². The number of benzene rings is 2. The van der Waals surface area contributed by atoms with Crippen molar-refractivity contribution in [3.63, 3.8) is 0 Å². The maximum absolute atomic E-state index is 12.0. The average Bonchev–Trinajstić information content (AvgIpc) is 2.53. The zero-order chi connectivity index (χ0) is 15.4. The number of rotatable bonds is 3. The maximum Gasteiger partial charge on any atom is 0.319 e. The molecule has 0 atom stereocenters. The number of hydrogen-bond acceptors (Lipinski definition) is 2. The fraction of sp³-hybridized carbons (Fsp3) is 0.0588. The van der Waals surface area contributed by atoms with Crippen molar-refractivity contribution in [1.82, 2.24) is 10.3 Å². The molecule has 0 aliphatic rings. The molecule has 0 fully saturated rings. The molecule has 0 saturated heterocycles. The summed E-state index contributed by atoms with van der Waals surface area (Å²) >= 11 is 5.92. The van der Waals surface area contributed by atoms with E-state index in [-0.39, 0.29) is 6.03 Å². The minimum atomic E-state index is -0.280. The largest absolute Gasteiger partial charge is 0.334 e. The molecule has 0 bridgehead atoms. The Bertz CT molecular complexity index is 814. The van der Waals surface area contributed by atoms with E-state index >= 15 is 0 Å². The predicted octanol–water partition coefficient (Wildman–Crippen LogP) is 4.21. The minimum Gasteiger partial charge on any atom is -0.334 e. The third kappa shape index (κ3) is 3.35. The summed E-state index contributed by atoms with van der Waals surface area (Å²) in [6.45, 7) is 0.407. The first-order chi connectivity index (χ1) is 10.7. The predicted molar refractivity (Wildman–Crippen MR) is 89.1 cm³/mol. The van der Waals surface area contributed by atoms with Crippen LogP contribution in [0, 0.1) is 0 Å². The lowest BCUT2D eigenvalue weighted by molar-refractivity contribution is 0.252. The van der Waals surface area contributed by atoms with E-state index in [1.807, 2.05) is 48.5 Å². The number of para-hydroxylation sites is 1. The van der Waals surface area contributed by atoms with E-state index in [9.17, 15) is 4.79 Å². The van der Waals surface area contributed by atoms with Gasteiger partial charge in [0.1, 0.15) is 0 Å². The van der Waals surface area contributed by atoms with Crippen LogP contribution in [0.15, 0.2) is 60.8 Å². The van der Waals surface area contributed by atoms with Gasteiger partial charge in [-0.1, -0.05) is 41.9 Å². The number of anilines is 1. The lowest BCUT2D eigenvalue weighted by Gasteiger charge is -2.09. The quantitative estimate of drug-likeness (QED) is 0.761. The molecule has 1 heterocycles. The third-order valence-corrected chi connectivity index (χ3v) is 3.46. The monoisotopic (exact) mass is 311 g/mol. The molecular weight excluding hydrogens is 298 g/mol. The van der Waals surface area contributed by atoms with Crippen molar-refractivity contribution in [2.24, 2.45) is 0 Å². The topological polar surface area (TPSA) is 54.0 Å². The molecule has 2 amide bonds. The van der Waals surface area contributed by atoms with E-state index < -0.39 is 0 Å². The summed E-state index contributed by atoms with van der Waals surface area (Å²) in [7, 11) is 0. The van der Waals surface area contributed by atoms with Crippen LogP contribution in [-0.2, 0) is 6.54 Å². The number of halogens is 1. The summed E-state index contributed by atoms with van der Waals surface area (Å²) in [4.78, 5) is 16.3. The van der Waals surface area contributed by atoms with Gasteiger partial charge in [-0.2, -0.15) is 0 Å². The Morgan fingerprint density at radius 1 is 1.09 bits per heavy atom. The van der Waals surface area contributed by atoms with Gasteiger partial charge in [-0.05, 0) is 29.8 Å². The molecule has 3 aromatic rings. The summed E-state index contributed by atoms with van der Waals surface area (Å²) in [6, 6.07) is 16.6. The smallest absolute Gasteiger partial charge is 0.319 e. The minimum absolute atomic E-state index is 0.280. The lowest BCUT2D eigenvalue weighted by atomic mass is 10.2. The molecular formula is C17H14ClN3O. The van der Waals surface area contributed by atoms with Crippen LogP contribution in [0.1, 0.15) is 5.56 Å². The number of carbonyl (C=O) groups is 1. The van der Waals surface area contributed by atoms with Gasteiger partial charge in [0.15, 0.2) is 0 Å². The summed E-state index contributed by atoms with van der Waals surface area (Å²) in [5, 5.41) is 7.26. The van der Waals surface area contributed by atoms with E-state index in [2.05, 4.69) is 15.6 Å². The Morgan fingerprint density at radius 3 is 2.77 bits per heavy atom. The van der Waals surface area contributed by atoms with Crippen molar-refractivity contribution in [2.45, 2.75) is 6.54 Å². The normalized spacial score (nSPS) is 10.4. The Morgan fingerprint density at radius 2 is 1.91 bits per heavy atom. The Balaban J connectivity index is 1.68. The van der Waals surface area contributed by atoms with Crippen molar-refractivity contribution >= 4 is 34.2 Å². The van der Waals surface area contributed by atoms with Gasteiger partial charge in [0.05, 0.1) is 11.2 Å². The molecule has 5 heteroatoms. The SMILES string of the molecule is O=C(NCc1cccc(Cl)c1)Nc1cccc2cccnc12. The van der Waals surface area contributed by atoms with Gasteiger partial charge in [0.2, 0.25) is 0 Å². The zero-order valence-corrected chi connectivity index (χ0v) is 12.5. The molecule has 110 valence electrons. The molecule has 0 spiro atoms. The fourth-order valence-electron chi connectivity index (χ4n) is 2.20. The molecule has 0 aliphatic heterocycles. The summed E-state index contributed by atoms with van der Waals surface area (Å²) in [5.41, 5.74) is 2.39. The van der Waals surface area contributed by atoms with E-state index in [0.29, 0.717) is 17.3 Å². The Hall–Kier alpha value is -2.59. The molecule has 0 saturated carbocycles. The Labute approximate surface area is 133 Å². The molecule has 3 rings (SSSR count). The van der Waals surface area contributed by atoms with E-state index in [4.69, 9.17) is 11.6 Å². The highest BCUT2D eigenvalue weighted by molar-refractivity contribution is 6.30. The molecule has 1 aromatic heterocycles. The second kappa shape index (κ2) is 6.45. The van der Waals surface area contributed by atoms with Crippen LogP contribution in [-0.4, -0.2) is 11.0 Å².